The second kappa shape index (κ2) is 5.24. The second-order valence-electron chi connectivity index (χ2n) is 4.57. The van der Waals surface area contributed by atoms with Gasteiger partial charge in [0.1, 0.15) is 0 Å². The van der Waals surface area contributed by atoms with Crippen LogP contribution in [0.4, 0.5) is 13.2 Å². The van der Waals surface area contributed by atoms with Gasteiger partial charge in [0.05, 0.1) is 11.3 Å². The Balaban J connectivity index is 2.10. The molecule has 1 aromatic heterocycles. The van der Waals surface area contributed by atoms with E-state index in [1.54, 1.807) is 0 Å². The van der Waals surface area contributed by atoms with Gasteiger partial charge >= 0.3 is 6.18 Å². The molecule has 1 aliphatic rings. The van der Waals surface area contributed by atoms with Crippen molar-refractivity contribution in [3.05, 3.63) is 29.6 Å². The Morgan fingerprint density at radius 3 is 2.83 bits per heavy atom. The number of hydrogen-bond acceptors (Lipinski definition) is 3. The topological polar surface area (TPSA) is 36.4 Å². The second-order valence-corrected chi connectivity index (χ2v) is 4.57. The third-order valence-corrected chi connectivity index (χ3v) is 3.20. The lowest BCUT2D eigenvalue weighted by molar-refractivity contribution is -0.138. The highest BCUT2D eigenvalue weighted by Crippen LogP contribution is 2.32. The van der Waals surface area contributed by atoms with Crippen molar-refractivity contribution in [1.29, 1.82) is 0 Å². The summed E-state index contributed by atoms with van der Waals surface area (Å²) in [5.41, 5.74) is -0.610. The number of pyridine rings is 1. The molecule has 18 heavy (non-hydrogen) atoms. The predicted octanol–water partition coefficient (Wildman–Crippen LogP) is 1.91. The van der Waals surface area contributed by atoms with Gasteiger partial charge in [0.25, 0.3) is 0 Å². The van der Waals surface area contributed by atoms with Gasteiger partial charge < -0.3 is 5.11 Å². The molecule has 0 aromatic carbocycles. The van der Waals surface area contributed by atoms with E-state index in [-0.39, 0.29) is 24.8 Å². The van der Waals surface area contributed by atoms with E-state index in [2.05, 4.69) is 4.98 Å². The normalized spacial score (nSPS) is 21.4. The molecule has 6 heteroatoms. The van der Waals surface area contributed by atoms with Gasteiger partial charge in [0.15, 0.2) is 0 Å². The van der Waals surface area contributed by atoms with Crippen LogP contribution in [0.25, 0.3) is 0 Å². The van der Waals surface area contributed by atoms with E-state index < -0.39 is 11.7 Å². The lowest BCUT2D eigenvalue weighted by Crippen LogP contribution is -2.23. The molecule has 1 unspecified atom stereocenters. The summed E-state index contributed by atoms with van der Waals surface area (Å²) in [6.07, 6.45) is -2.16. The van der Waals surface area contributed by atoms with Gasteiger partial charge in [0.2, 0.25) is 0 Å². The van der Waals surface area contributed by atoms with E-state index in [1.165, 1.54) is 12.3 Å². The Morgan fingerprint density at radius 1 is 1.44 bits per heavy atom. The van der Waals surface area contributed by atoms with Crippen LogP contribution in [0.15, 0.2) is 18.3 Å². The van der Waals surface area contributed by atoms with Gasteiger partial charge in [-0.2, -0.15) is 13.2 Å². The van der Waals surface area contributed by atoms with E-state index in [0.29, 0.717) is 13.1 Å². The number of hydrogen-bond donors (Lipinski definition) is 1. The molecule has 1 N–H and O–H groups in total. The molecule has 1 saturated heterocycles. The monoisotopic (exact) mass is 260 g/mol. The van der Waals surface area contributed by atoms with Crippen molar-refractivity contribution in [2.45, 2.75) is 19.1 Å². The molecule has 0 saturated carbocycles. The standard InChI is InChI=1S/C12H15F3N2O/c13-12(14,15)10-2-1-4-16-11(10)7-17-5-3-9(6-17)8-18/h1-2,4,9,18H,3,5-8H2. The quantitative estimate of drug-likeness (QED) is 0.902. The smallest absolute Gasteiger partial charge is 0.396 e. The van der Waals surface area contributed by atoms with Crippen LogP contribution in [0.3, 0.4) is 0 Å². The van der Waals surface area contributed by atoms with Crippen LogP contribution in [-0.2, 0) is 12.7 Å². The fourth-order valence-corrected chi connectivity index (χ4v) is 2.24. The molecule has 0 amide bonds. The van der Waals surface area contributed by atoms with Crippen molar-refractivity contribution < 1.29 is 18.3 Å². The fraction of sp³-hybridized carbons (Fsp3) is 0.583. The summed E-state index contributed by atoms with van der Waals surface area (Å²) in [6.45, 7) is 1.61. The zero-order valence-corrected chi connectivity index (χ0v) is 9.82. The first kappa shape index (κ1) is 13.3. The summed E-state index contributed by atoms with van der Waals surface area (Å²) in [5.74, 6) is 0.169. The summed E-state index contributed by atoms with van der Waals surface area (Å²) in [6, 6.07) is 2.36. The van der Waals surface area contributed by atoms with E-state index >= 15 is 0 Å². The summed E-state index contributed by atoms with van der Waals surface area (Å²) < 4.78 is 38.3. The maximum absolute atomic E-state index is 12.8. The average molecular weight is 260 g/mol. The maximum Gasteiger partial charge on any atom is 0.418 e. The minimum Gasteiger partial charge on any atom is -0.396 e. The Kier molecular flexibility index (Phi) is 3.87. The first-order chi connectivity index (χ1) is 8.50. The van der Waals surface area contributed by atoms with Crippen molar-refractivity contribution in [2.75, 3.05) is 19.7 Å². The molecule has 0 spiro atoms. The zero-order chi connectivity index (χ0) is 13.2. The van der Waals surface area contributed by atoms with Crippen molar-refractivity contribution in [3.8, 4) is 0 Å². The molecule has 100 valence electrons. The van der Waals surface area contributed by atoms with Gasteiger partial charge in [0, 0.05) is 25.9 Å². The van der Waals surface area contributed by atoms with E-state index in [4.69, 9.17) is 5.11 Å². The van der Waals surface area contributed by atoms with Crippen molar-refractivity contribution >= 4 is 0 Å². The molecule has 0 radical (unpaired) electrons. The number of aliphatic hydroxyl groups excluding tert-OH is 1. The van der Waals surface area contributed by atoms with Crippen LogP contribution >= 0.6 is 0 Å². The first-order valence-corrected chi connectivity index (χ1v) is 5.85. The Hall–Kier alpha value is -1.14. The number of aromatic nitrogens is 1. The van der Waals surface area contributed by atoms with Crippen molar-refractivity contribution in [3.63, 3.8) is 0 Å². The van der Waals surface area contributed by atoms with Crippen LogP contribution in [-0.4, -0.2) is 34.7 Å². The molecule has 1 aromatic rings. The van der Waals surface area contributed by atoms with E-state index in [1.807, 2.05) is 4.90 Å². The van der Waals surface area contributed by atoms with Crippen LogP contribution in [0.2, 0.25) is 0 Å². The van der Waals surface area contributed by atoms with E-state index in [0.717, 1.165) is 12.5 Å². The third-order valence-electron chi connectivity index (χ3n) is 3.20. The molecule has 0 aliphatic carbocycles. The molecule has 3 nitrogen and oxygen atoms in total. The van der Waals surface area contributed by atoms with Gasteiger partial charge in [-0.3, -0.25) is 9.88 Å². The minimum atomic E-state index is -4.36. The SMILES string of the molecule is OCC1CCN(Cc2ncccc2C(F)(F)F)C1. The minimum absolute atomic E-state index is 0.0589. The van der Waals surface area contributed by atoms with Gasteiger partial charge in [-0.1, -0.05) is 0 Å². The number of alkyl halides is 3. The summed E-state index contributed by atoms with van der Waals surface area (Å²) >= 11 is 0. The molecule has 1 aliphatic heterocycles. The summed E-state index contributed by atoms with van der Waals surface area (Å²) in [7, 11) is 0. The average Bonchev–Trinajstić information content (AvgIpc) is 2.76. The Bertz CT molecular complexity index is 409. The number of nitrogens with zero attached hydrogens (tertiary/aromatic N) is 2. The predicted molar refractivity (Wildman–Crippen MR) is 59.7 cm³/mol. The lowest BCUT2D eigenvalue weighted by Gasteiger charge is -2.18. The van der Waals surface area contributed by atoms with Crippen LogP contribution in [0.5, 0.6) is 0 Å². The number of likely N-dealkylation sites (tertiary alicyclic amines) is 1. The van der Waals surface area contributed by atoms with Gasteiger partial charge in [-0.25, -0.2) is 0 Å². The molecule has 0 bridgehead atoms. The van der Waals surface area contributed by atoms with Crippen LogP contribution in [0.1, 0.15) is 17.7 Å². The fourth-order valence-electron chi connectivity index (χ4n) is 2.24. The molecule has 2 heterocycles. The summed E-state index contributed by atoms with van der Waals surface area (Å²) in [5, 5.41) is 9.01. The molecular formula is C12H15F3N2O. The zero-order valence-electron chi connectivity index (χ0n) is 9.82. The highest BCUT2D eigenvalue weighted by Gasteiger charge is 2.34. The lowest BCUT2D eigenvalue weighted by atomic mass is 10.1. The maximum atomic E-state index is 12.8. The third kappa shape index (κ3) is 3.00. The van der Waals surface area contributed by atoms with Crippen LogP contribution in [0, 0.1) is 5.92 Å². The highest BCUT2D eigenvalue weighted by molar-refractivity contribution is 5.23. The molecular weight excluding hydrogens is 245 g/mol. The highest BCUT2D eigenvalue weighted by atomic mass is 19.4. The number of halogens is 3. The number of aliphatic hydroxyl groups is 1. The van der Waals surface area contributed by atoms with Crippen molar-refractivity contribution in [1.82, 2.24) is 9.88 Å². The summed E-state index contributed by atoms with van der Waals surface area (Å²) in [4.78, 5) is 5.74. The molecule has 2 rings (SSSR count). The van der Waals surface area contributed by atoms with Gasteiger partial charge in [-0.15, -0.1) is 0 Å². The molecule has 1 atom stereocenters. The largest absolute Gasteiger partial charge is 0.418 e. The van der Waals surface area contributed by atoms with Crippen LogP contribution < -0.4 is 0 Å². The Morgan fingerprint density at radius 2 is 2.22 bits per heavy atom. The van der Waals surface area contributed by atoms with Gasteiger partial charge in [-0.05, 0) is 31.0 Å². The molecule has 1 fully saturated rings. The van der Waals surface area contributed by atoms with Crippen molar-refractivity contribution in [2.24, 2.45) is 5.92 Å². The number of rotatable bonds is 3. The first-order valence-electron chi connectivity index (χ1n) is 5.85. The Labute approximate surface area is 103 Å². The van der Waals surface area contributed by atoms with E-state index in [9.17, 15) is 13.2 Å².